The van der Waals surface area contributed by atoms with E-state index >= 15 is 0 Å². The van der Waals surface area contributed by atoms with Gasteiger partial charge in [-0.3, -0.25) is 0 Å². The van der Waals surface area contributed by atoms with Crippen molar-refractivity contribution in [3.63, 3.8) is 0 Å². The third-order valence-electron chi connectivity index (χ3n) is 2.08. The van der Waals surface area contributed by atoms with Crippen LogP contribution in [0.5, 0.6) is 0 Å². The zero-order chi connectivity index (χ0) is 8.84. The van der Waals surface area contributed by atoms with Gasteiger partial charge in [0.2, 0.25) is 0 Å². The Bertz CT molecular complexity index is 542. The van der Waals surface area contributed by atoms with E-state index < -0.39 is 0 Å². The molecule has 0 saturated carbocycles. The van der Waals surface area contributed by atoms with Gasteiger partial charge in [-0.1, -0.05) is 0 Å². The molecule has 0 spiro atoms. The molecule has 0 radical (unpaired) electrons. The third kappa shape index (κ3) is 1.02. The first-order valence-corrected chi connectivity index (χ1v) is 7.78. The Labute approximate surface area is 89.3 Å². The van der Waals surface area contributed by atoms with Crippen LogP contribution >= 0.6 is 21.3 Å². The van der Waals surface area contributed by atoms with Crippen molar-refractivity contribution >= 4 is 45.7 Å². The van der Waals surface area contributed by atoms with Crippen molar-refractivity contribution in [2.45, 2.75) is 0 Å². The predicted molar refractivity (Wildman–Crippen MR) is 58.2 cm³/mol. The van der Waals surface area contributed by atoms with Gasteiger partial charge in [-0.05, 0) is 0 Å². The van der Waals surface area contributed by atoms with Gasteiger partial charge in [0.15, 0.2) is 0 Å². The van der Waals surface area contributed by atoms with Crippen LogP contribution in [0.1, 0.15) is 0 Å². The molecule has 1 nitrogen and oxygen atoms in total. The number of rotatable bonds is 0. The van der Waals surface area contributed by atoms with Crippen LogP contribution in [0.2, 0.25) is 5.02 Å². The van der Waals surface area contributed by atoms with E-state index in [4.69, 9.17) is 11.6 Å². The summed E-state index contributed by atoms with van der Waals surface area (Å²) in [6, 6.07) is 8.19. The Morgan fingerprint density at radius 3 is 2.85 bits per heavy atom. The van der Waals surface area contributed by atoms with E-state index in [1.54, 1.807) is 9.72 Å². The van der Waals surface area contributed by atoms with E-state index in [-0.39, 0.29) is 0 Å². The summed E-state index contributed by atoms with van der Waals surface area (Å²) in [7, 11) is 1.78. The molecule has 0 aromatic heterocycles. The van der Waals surface area contributed by atoms with Crippen LogP contribution in [0.25, 0.3) is 21.3 Å². The summed E-state index contributed by atoms with van der Waals surface area (Å²) in [5.74, 6) is 0. The van der Waals surface area contributed by atoms with E-state index in [1.165, 1.54) is 10.3 Å². The average Bonchev–Trinajstić information content (AvgIpc) is 2.72. The maximum absolute atomic E-state index is 6.23. The summed E-state index contributed by atoms with van der Waals surface area (Å²) < 4.78 is 4.49. The topological polar surface area (TPSA) is 12.9 Å². The van der Waals surface area contributed by atoms with Gasteiger partial charge in [0.05, 0.1) is 0 Å². The van der Waals surface area contributed by atoms with Gasteiger partial charge in [0.1, 0.15) is 0 Å². The van der Waals surface area contributed by atoms with E-state index in [9.17, 15) is 0 Å². The molecule has 1 aromatic carbocycles. The van der Waals surface area contributed by atoms with E-state index in [0.29, 0.717) is 13.6 Å². The van der Waals surface area contributed by atoms with Gasteiger partial charge in [0, 0.05) is 0 Å². The normalized spacial score (nSPS) is 11.5. The van der Waals surface area contributed by atoms with Gasteiger partial charge >= 0.3 is 89.5 Å². The number of fused-ring (bicyclic) bond motifs is 3. The van der Waals surface area contributed by atoms with Crippen molar-refractivity contribution < 1.29 is 0 Å². The van der Waals surface area contributed by atoms with Gasteiger partial charge in [-0.15, -0.1) is 0 Å². The molecule has 0 saturated heterocycles. The van der Waals surface area contributed by atoms with Crippen molar-refractivity contribution in [2.24, 2.45) is 0 Å². The molecule has 0 bridgehead atoms. The number of hydrogen-bond donors (Lipinski definition) is 0. The zero-order valence-corrected chi connectivity index (χ0v) is 9.74. The third-order valence-corrected chi connectivity index (χ3v) is 5.67. The molecular weight excluding hydrogens is 269 g/mol. The van der Waals surface area contributed by atoms with Crippen LogP contribution in [-0.2, 0) is 0 Å². The summed E-state index contributed by atoms with van der Waals surface area (Å²) in [6.07, 6.45) is 0. The molecule has 3 rings (SSSR count). The Hall–Kier alpha value is -0.341. The Morgan fingerprint density at radius 1 is 1.23 bits per heavy atom. The molecule has 64 valence electrons. The van der Waals surface area contributed by atoms with E-state index in [2.05, 4.69) is 16.1 Å². The number of nitrogens with zero attached hydrogens (tertiary/aromatic N) is 1. The van der Waals surface area contributed by atoms with Gasteiger partial charge in [-0.2, -0.15) is 0 Å². The second kappa shape index (κ2) is 2.82. The molecule has 1 aliphatic heterocycles. The zero-order valence-electron chi connectivity index (χ0n) is 6.45. The van der Waals surface area contributed by atoms with Crippen molar-refractivity contribution in [1.82, 2.24) is 3.98 Å². The Morgan fingerprint density at radius 2 is 2.00 bits per heavy atom. The monoisotopic (exact) mass is 273 g/mol. The Kier molecular flexibility index (Phi) is 1.74. The van der Waals surface area contributed by atoms with Gasteiger partial charge < -0.3 is 0 Å². The van der Waals surface area contributed by atoms with Crippen LogP contribution in [0.15, 0.2) is 24.3 Å². The first-order valence-electron chi connectivity index (χ1n) is 3.79. The molecule has 1 aliphatic carbocycles. The molecular formula is C9H4ClNSSe. The van der Waals surface area contributed by atoms with Crippen LogP contribution in [-0.4, -0.2) is 17.6 Å². The number of aromatic nitrogens is 1. The average molecular weight is 273 g/mol. The van der Waals surface area contributed by atoms with Crippen LogP contribution in [0.4, 0.5) is 0 Å². The standard InChI is InChI=1S/C9H4ClNSSe/c10-7-5-3-1-2-4-6(5)8-9(7)12-13-11-8/h1-4H. The van der Waals surface area contributed by atoms with Crippen molar-refractivity contribution in [2.75, 3.05) is 0 Å². The first-order chi connectivity index (χ1) is 6.38. The molecule has 2 aliphatic rings. The van der Waals surface area contributed by atoms with Gasteiger partial charge in [0.25, 0.3) is 0 Å². The SMILES string of the molecule is Clc1c2s[se]nc-2c2ccccc12. The van der Waals surface area contributed by atoms with E-state index in [1.807, 2.05) is 12.1 Å². The van der Waals surface area contributed by atoms with Crippen LogP contribution in [0.3, 0.4) is 0 Å². The van der Waals surface area contributed by atoms with Gasteiger partial charge in [-0.25, -0.2) is 0 Å². The van der Waals surface area contributed by atoms with Crippen LogP contribution in [0, 0.1) is 0 Å². The Balaban J connectivity index is 2.62. The molecule has 0 atom stereocenters. The summed E-state index contributed by atoms with van der Waals surface area (Å²) in [6.45, 7) is 0. The van der Waals surface area contributed by atoms with Crippen molar-refractivity contribution in [1.29, 1.82) is 0 Å². The minimum absolute atomic E-state index is 0.304. The fourth-order valence-corrected chi connectivity index (χ4v) is 5.50. The number of benzene rings is 1. The summed E-state index contributed by atoms with van der Waals surface area (Å²) in [5.41, 5.74) is 1.12. The fraction of sp³-hybridized carbons (Fsp3) is 0. The summed E-state index contributed by atoms with van der Waals surface area (Å²) in [5, 5.41) is 3.23. The second-order valence-electron chi connectivity index (χ2n) is 2.79. The molecule has 1 aromatic rings. The van der Waals surface area contributed by atoms with Crippen molar-refractivity contribution in [3.8, 4) is 10.6 Å². The molecule has 4 heteroatoms. The molecule has 0 N–H and O–H groups in total. The first kappa shape index (κ1) is 8.01. The molecule has 0 amide bonds. The maximum atomic E-state index is 6.23. The summed E-state index contributed by atoms with van der Waals surface area (Å²) >= 11 is 6.54. The minimum atomic E-state index is 0.304. The predicted octanol–water partition coefficient (Wildman–Crippen LogP) is 3.11. The van der Waals surface area contributed by atoms with Crippen LogP contribution < -0.4 is 0 Å². The quantitative estimate of drug-likeness (QED) is 0.573. The molecule has 13 heavy (non-hydrogen) atoms. The number of hydrogen-bond acceptors (Lipinski definition) is 2. The molecule has 0 fully saturated rings. The molecule has 0 unspecified atom stereocenters. The summed E-state index contributed by atoms with van der Waals surface area (Å²) in [4.78, 5) is 1.18. The second-order valence-corrected chi connectivity index (χ2v) is 6.26. The van der Waals surface area contributed by atoms with Crippen molar-refractivity contribution in [3.05, 3.63) is 29.3 Å². The molecule has 1 heterocycles. The number of halogens is 1. The van der Waals surface area contributed by atoms with E-state index in [0.717, 1.165) is 16.1 Å². The fourth-order valence-electron chi connectivity index (χ4n) is 1.49.